The lowest BCUT2D eigenvalue weighted by Gasteiger charge is -2.09. The molecule has 0 saturated heterocycles. The minimum absolute atomic E-state index is 0.707. The molecule has 2 rings (SSSR count). The Kier molecular flexibility index (Phi) is 4.47. The molecule has 1 N–H and O–H groups in total. The first-order valence-corrected chi connectivity index (χ1v) is 6.29. The van der Waals surface area contributed by atoms with Gasteiger partial charge in [-0.1, -0.05) is 6.92 Å². The van der Waals surface area contributed by atoms with E-state index in [0.717, 1.165) is 34.9 Å². The zero-order valence-corrected chi connectivity index (χ0v) is 11.5. The SMILES string of the molecule is CCNCc1occc1-c1cc(OC)cc(OC)c1. The molecule has 0 saturated carbocycles. The van der Waals surface area contributed by atoms with Gasteiger partial charge in [0.25, 0.3) is 0 Å². The Labute approximate surface area is 113 Å². The zero-order chi connectivity index (χ0) is 13.7. The topological polar surface area (TPSA) is 43.6 Å². The van der Waals surface area contributed by atoms with Crippen LogP contribution < -0.4 is 14.8 Å². The Morgan fingerprint density at radius 3 is 2.37 bits per heavy atom. The summed E-state index contributed by atoms with van der Waals surface area (Å²) in [4.78, 5) is 0. The molecule has 0 aliphatic rings. The second kappa shape index (κ2) is 6.29. The molecule has 0 amide bonds. The lowest BCUT2D eigenvalue weighted by molar-refractivity contribution is 0.394. The van der Waals surface area contributed by atoms with Crippen molar-refractivity contribution >= 4 is 0 Å². The summed E-state index contributed by atoms with van der Waals surface area (Å²) in [6.45, 7) is 3.68. The highest BCUT2D eigenvalue weighted by molar-refractivity contribution is 5.69. The third-order valence-electron chi connectivity index (χ3n) is 2.94. The van der Waals surface area contributed by atoms with Gasteiger partial charge < -0.3 is 19.2 Å². The van der Waals surface area contributed by atoms with Crippen LogP contribution in [-0.2, 0) is 6.54 Å². The second-order valence-electron chi connectivity index (χ2n) is 4.14. The Morgan fingerprint density at radius 1 is 1.11 bits per heavy atom. The quantitative estimate of drug-likeness (QED) is 0.868. The van der Waals surface area contributed by atoms with Crippen molar-refractivity contribution in [3.63, 3.8) is 0 Å². The van der Waals surface area contributed by atoms with Crippen molar-refractivity contribution in [2.75, 3.05) is 20.8 Å². The lowest BCUT2D eigenvalue weighted by Crippen LogP contribution is -2.11. The van der Waals surface area contributed by atoms with Crippen LogP contribution in [0.1, 0.15) is 12.7 Å². The van der Waals surface area contributed by atoms with Gasteiger partial charge in [-0.3, -0.25) is 0 Å². The Balaban J connectivity index is 2.37. The van der Waals surface area contributed by atoms with Crippen molar-refractivity contribution in [3.8, 4) is 22.6 Å². The minimum atomic E-state index is 0.707. The van der Waals surface area contributed by atoms with Gasteiger partial charge in [0.2, 0.25) is 0 Å². The van der Waals surface area contributed by atoms with Gasteiger partial charge in [-0.25, -0.2) is 0 Å². The molecule has 1 aromatic heterocycles. The van der Waals surface area contributed by atoms with Crippen LogP contribution in [0.2, 0.25) is 0 Å². The standard InChI is InChI=1S/C15H19NO3/c1-4-16-10-15-14(5-6-19-15)11-7-12(17-2)9-13(8-11)18-3/h5-9,16H,4,10H2,1-3H3. The van der Waals surface area contributed by atoms with Crippen LogP contribution in [0.4, 0.5) is 0 Å². The minimum Gasteiger partial charge on any atom is -0.497 e. The first kappa shape index (κ1) is 13.5. The fraction of sp³-hybridized carbons (Fsp3) is 0.333. The van der Waals surface area contributed by atoms with E-state index >= 15 is 0 Å². The number of furan rings is 1. The Bertz CT molecular complexity index is 512. The highest BCUT2D eigenvalue weighted by Crippen LogP contribution is 2.32. The molecule has 4 nitrogen and oxygen atoms in total. The van der Waals surface area contributed by atoms with E-state index in [0.29, 0.717) is 6.54 Å². The summed E-state index contributed by atoms with van der Waals surface area (Å²) in [5.74, 6) is 2.45. The van der Waals surface area contributed by atoms with Gasteiger partial charge in [-0.15, -0.1) is 0 Å². The largest absolute Gasteiger partial charge is 0.497 e. The second-order valence-corrected chi connectivity index (χ2v) is 4.14. The van der Waals surface area contributed by atoms with Gasteiger partial charge in [0.05, 0.1) is 27.0 Å². The van der Waals surface area contributed by atoms with Gasteiger partial charge in [-0.2, -0.15) is 0 Å². The van der Waals surface area contributed by atoms with Crippen LogP contribution in [-0.4, -0.2) is 20.8 Å². The summed E-state index contributed by atoms with van der Waals surface area (Å²) < 4.78 is 16.1. The maximum Gasteiger partial charge on any atom is 0.125 e. The summed E-state index contributed by atoms with van der Waals surface area (Å²) in [6, 6.07) is 7.76. The third kappa shape index (κ3) is 3.09. The van der Waals surface area contributed by atoms with E-state index in [9.17, 15) is 0 Å². The third-order valence-corrected chi connectivity index (χ3v) is 2.94. The van der Waals surface area contributed by atoms with Crippen molar-refractivity contribution in [3.05, 3.63) is 36.3 Å². The molecule has 2 aromatic rings. The van der Waals surface area contributed by atoms with Crippen LogP contribution in [0.3, 0.4) is 0 Å². The molecular weight excluding hydrogens is 242 g/mol. The van der Waals surface area contributed by atoms with E-state index in [1.54, 1.807) is 20.5 Å². The molecule has 0 unspecified atom stereocenters. The first-order chi connectivity index (χ1) is 9.28. The van der Waals surface area contributed by atoms with Crippen LogP contribution in [0, 0.1) is 0 Å². The van der Waals surface area contributed by atoms with E-state index in [1.165, 1.54) is 0 Å². The van der Waals surface area contributed by atoms with Crippen molar-refractivity contribution < 1.29 is 13.9 Å². The average Bonchev–Trinajstić information content (AvgIpc) is 2.92. The lowest BCUT2D eigenvalue weighted by atomic mass is 10.1. The molecule has 19 heavy (non-hydrogen) atoms. The number of hydrogen-bond donors (Lipinski definition) is 1. The maximum absolute atomic E-state index is 5.52. The van der Waals surface area contributed by atoms with E-state index in [-0.39, 0.29) is 0 Å². The van der Waals surface area contributed by atoms with E-state index in [1.807, 2.05) is 24.3 Å². The maximum atomic E-state index is 5.52. The molecule has 0 atom stereocenters. The zero-order valence-electron chi connectivity index (χ0n) is 11.5. The van der Waals surface area contributed by atoms with E-state index in [2.05, 4.69) is 12.2 Å². The van der Waals surface area contributed by atoms with E-state index < -0.39 is 0 Å². The molecule has 0 aliphatic carbocycles. The Morgan fingerprint density at radius 2 is 1.79 bits per heavy atom. The molecule has 4 heteroatoms. The smallest absolute Gasteiger partial charge is 0.125 e. The highest BCUT2D eigenvalue weighted by atomic mass is 16.5. The molecular formula is C15H19NO3. The van der Waals surface area contributed by atoms with Crippen LogP contribution in [0.25, 0.3) is 11.1 Å². The van der Waals surface area contributed by atoms with Crippen LogP contribution in [0.5, 0.6) is 11.5 Å². The van der Waals surface area contributed by atoms with Gasteiger partial charge in [-0.05, 0) is 30.3 Å². The normalized spacial score (nSPS) is 10.5. The Hall–Kier alpha value is -1.94. The fourth-order valence-corrected chi connectivity index (χ4v) is 1.94. The predicted molar refractivity (Wildman–Crippen MR) is 74.6 cm³/mol. The van der Waals surface area contributed by atoms with Crippen molar-refractivity contribution in [1.82, 2.24) is 5.32 Å². The van der Waals surface area contributed by atoms with Crippen molar-refractivity contribution in [2.24, 2.45) is 0 Å². The van der Waals surface area contributed by atoms with Crippen molar-refractivity contribution in [2.45, 2.75) is 13.5 Å². The summed E-state index contributed by atoms with van der Waals surface area (Å²) in [5.41, 5.74) is 2.08. The number of hydrogen-bond acceptors (Lipinski definition) is 4. The molecule has 0 aliphatic heterocycles. The monoisotopic (exact) mass is 261 g/mol. The van der Waals surface area contributed by atoms with Gasteiger partial charge in [0, 0.05) is 11.6 Å². The van der Waals surface area contributed by atoms with E-state index in [4.69, 9.17) is 13.9 Å². The fourth-order valence-electron chi connectivity index (χ4n) is 1.94. The molecule has 0 spiro atoms. The average molecular weight is 261 g/mol. The number of rotatable bonds is 6. The first-order valence-electron chi connectivity index (χ1n) is 6.29. The summed E-state index contributed by atoms with van der Waals surface area (Å²) in [7, 11) is 3.29. The number of methoxy groups -OCH3 is 2. The summed E-state index contributed by atoms with van der Waals surface area (Å²) >= 11 is 0. The molecule has 0 fully saturated rings. The van der Waals surface area contributed by atoms with Gasteiger partial charge in [0.15, 0.2) is 0 Å². The molecule has 1 heterocycles. The predicted octanol–water partition coefficient (Wildman–Crippen LogP) is 3.07. The van der Waals surface area contributed by atoms with Crippen LogP contribution >= 0.6 is 0 Å². The molecule has 0 radical (unpaired) electrons. The highest BCUT2D eigenvalue weighted by Gasteiger charge is 2.11. The molecule has 102 valence electrons. The number of benzene rings is 1. The van der Waals surface area contributed by atoms with Gasteiger partial charge >= 0.3 is 0 Å². The molecule has 1 aromatic carbocycles. The van der Waals surface area contributed by atoms with Gasteiger partial charge in [0.1, 0.15) is 17.3 Å². The summed E-state index contributed by atoms with van der Waals surface area (Å²) in [6.07, 6.45) is 1.70. The number of nitrogens with one attached hydrogen (secondary N) is 1. The van der Waals surface area contributed by atoms with Crippen molar-refractivity contribution in [1.29, 1.82) is 0 Å². The van der Waals surface area contributed by atoms with Crippen LogP contribution in [0.15, 0.2) is 34.9 Å². The number of ether oxygens (including phenoxy) is 2. The molecule has 0 bridgehead atoms. The summed E-state index contributed by atoms with van der Waals surface area (Å²) in [5, 5.41) is 3.26.